The summed E-state index contributed by atoms with van der Waals surface area (Å²) < 4.78 is 10.7. The maximum Gasteiger partial charge on any atom is 0.220 e. The smallest absolute Gasteiger partial charge is 0.220 e. The second-order valence-electron chi connectivity index (χ2n) is 6.55. The molecule has 5 nitrogen and oxygen atoms in total. The highest BCUT2D eigenvalue weighted by atomic mass is 35.5. The van der Waals surface area contributed by atoms with Gasteiger partial charge in [-0.1, -0.05) is 0 Å². The largest absolute Gasteiger partial charge is 0.497 e. The SMILES string of the molecule is COc1ccc(OCCNC(=O)CC2CC3CCC(C2)N3)cc1.Cl. The summed E-state index contributed by atoms with van der Waals surface area (Å²) >= 11 is 0. The lowest BCUT2D eigenvalue weighted by Crippen LogP contribution is -2.40. The Morgan fingerprint density at radius 2 is 1.79 bits per heavy atom. The normalized spacial score (nSPS) is 24.8. The molecule has 2 fully saturated rings. The minimum Gasteiger partial charge on any atom is -0.497 e. The van der Waals surface area contributed by atoms with Crippen molar-refractivity contribution in [1.82, 2.24) is 10.6 Å². The number of halogens is 1. The Balaban J connectivity index is 0.00000208. The first-order valence-electron chi connectivity index (χ1n) is 8.52. The van der Waals surface area contributed by atoms with Gasteiger partial charge in [0, 0.05) is 18.5 Å². The molecule has 3 rings (SSSR count). The standard InChI is InChI=1S/C18H26N2O3.ClH/c1-22-16-4-6-17(7-5-16)23-9-8-19-18(21)12-13-10-14-2-3-15(11-13)20-14;/h4-7,13-15,20H,2-3,8-12H2,1H3,(H,19,21);1H. The molecule has 1 aromatic carbocycles. The Kier molecular flexibility index (Phi) is 7.18. The summed E-state index contributed by atoms with van der Waals surface area (Å²) in [6.07, 6.45) is 5.49. The fourth-order valence-electron chi connectivity index (χ4n) is 3.71. The summed E-state index contributed by atoms with van der Waals surface area (Å²) in [5.74, 6) is 2.28. The van der Waals surface area contributed by atoms with Crippen molar-refractivity contribution in [2.45, 2.75) is 44.2 Å². The molecule has 134 valence electrons. The molecule has 2 bridgehead atoms. The average Bonchev–Trinajstić information content (AvgIpc) is 2.91. The second kappa shape index (κ2) is 9.14. The van der Waals surface area contributed by atoms with E-state index in [0.29, 0.717) is 37.6 Å². The molecule has 1 aromatic rings. The maximum absolute atomic E-state index is 12.0. The van der Waals surface area contributed by atoms with Gasteiger partial charge < -0.3 is 20.1 Å². The van der Waals surface area contributed by atoms with Gasteiger partial charge in [0.1, 0.15) is 18.1 Å². The number of carbonyl (C=O) groups excluding carboxylic acids is 1. The van der Waals surface area contributed by atoms with E-state index in [1.807, 2.05) is 24.3 Å². The quantitative estimate of drug-likeness (QED) is 0.739. The van der Waals surface area contributed by atoms with Crippen LogP contribution >= 0.6 is 12.4 Å². The van der Waals surface area contributed by atoms with Crippen LogP contribution in [0.4, 0.5) is 0 Å². The summed E-state index contributed by atoms with van der Waals surface area (Å²) in [5.41, 5.74) is 0. The van der Waals surface area contributed by atoms with Gasteiger partial charge in [-0.2, -0.15) is 0 Å². The predicted octanol–water partition coefficient (Wildman–Crippen LogP) is 2.53. The number of piperidine rings is 1. The average molecular weight is 355 g/mol. The van der Waals surface area contributed by atoms with Crippen LogP contribution in [0.5, 0.6) is 11.5 Å². The molecule has 6 heteroatoms. The number of carbonyl (C=O) groups is 1. The number of methoxy groups -OCH3 is 1. The Morgan fingerprint density at radius 3 is 2.42 bits per heavy atom. The molecule has 2 saturated heterocycles. The van der Waals surface area contributed by atoms with Crippen molar-refractivity contribution in [3.05, 3.63) is 24.3 Å². The minimum atomic E-state index is 0. The number of hydrogen-bond acceptors (Lipinski definition) is 4. The Labute approximate surface area is 149 Å². The van der Waals surface area contributed by atoms with Crippen molar-refractivity contribution in [2.75, 3.05) is 20.3 Å². The van der Waals surface area contributed by atoms with E-state index >= 15 is 0 Å². The molecule has 0 aromatic heterocycles. The van der Waals surface area contributed by atoms with Gasteiger partial charge >= 0.3 is 0 Å². The number of ether oxygens (including phenoxy) is 2. The number of nitrogens with one attached hydrogen (secondary N) is 2. The third-order valence-corrected chi connectivity index (χ3v) is 4.80. The highest BCUT2D eigenvalue weighted by Crippen LogP contribution is 2.32. The van der Waals surface area contributed by atoms with Gasteiger partial charge in [-0.3, -0.25) is 4.79 Å². The number of benzene rings is 1. The Morgan fingerprint density at radius 1 is 1.17 bits per heavy atom. The van der Waals surface area contributed by atoms with E-state index in [0.717, 1.165) is 24.3 Å². The van der Waals surface area contributed by atoms with Gasteiger partial charge in [-0.15, -0.1) is 12.4 Å². The van der Waals surface area contributed by atoms with Gasteiger partial charge in [0.2, 0.25) is 5.91 Å². The fraction of sp³-hybridized carbons (Fsp3) is 0.611. The minimum absolute atomic E-state index is 0. The third-order valence-electron chi connectivity index (χ3n) is 4.80. The first-order valence-corrected chi connectivity index (χ1v) is 8.52. The zero-order valence-corrected chi connectivity index (χ0v) is 14.9. The molecule has 0 spiro atoms. The van der Waals surface area contributed by atoms with E-state index in [2.05, 4.69) is 10.6 Å². The van der Waals surface area contributed by atoms with Crippen molar-refractivity contribution in [2.24, 2.45) is 5.92 Å². The zero-order chi connectivity index (χ0) is 16.1. The van der Waals surface area contributed by atoms with E-state index in [1.54, 1.807) is 7.11 Å². The van der Waals surface area contributed by atoms with Crippen LogP contribution < -0.4 is 20.1 Å². The molecular weight excluding hydrogens is 328 g/mol. The van der Waals surface area contributed by atoms with Crippen molar-refractivity contribution < 1.29 is 14.3 Å². The molecule has 24 heavy (non-hydrogen) atoms. The summed E-state index contributed by atoms with van der Waals surface area (Å²) in [6, 6.07) is 8.74. The topological polar surface area (TPSA) is 59.6 Å². The molecule has 2 heterocycles. The molecule has 0 saturated carbocycles. The van der Waals surface area contributed by atoms with Crippen LogP contribution in [0, 0.1) is 5.92 Å². The lowest BCUT2D eigenvalue weighted by molar-refractivity contribution is -0.122. The first-order chi connectivity index (χ1) is 11.2. The predicted molar refractivity (Wildman–Crippen MR) is 96.0 cm³/mol. The van der Waals surface area contributed by atoms with Crippen molar-refractivity contribution in [3.63, 3.8) is 0 Å². The van der Waals surface area contributed by atoms with Crippen LogP contribution in [0.3, 0.4) is 0 Å². The molecule has 0 radical (unpaired) electrons. The van der Waals surface area contributed by atoms with E-state index in [4.69, 9.17) is 9.47 Å². The zero-order valence-electron chi connectivity index (χ0n) is 14.1. The number of hydrogen-bond donors (Lipinski definition) is 2. The molecule has 0 aliphatic carbocycles. The Bertz CT molecular complexity index is 512. The van der Waals surface area contributed by atoms with Gasteiger partial charge in [0.25, 0.3) is 0 Å². The molecule has 1 amide bonds. The van der Waals surface area contributed by atoms with Crippen LogP contribution in [0.15, 0.2) is 24.3 Å². The monoisotopic (exact) mass is 354 g/mol. The summed E-state index contributed by atoms with van der Waals surface area (Å²) in [5, 5.41) is 6.58. The highest BCUT2D eigenvalue weighted by molar-refractivity contribution is 5.85. The number of fused-ring (bicyclic) bond motifs is 2. The van der Waals surface area contributed by atoms with Crippen molar-refractivity contribution in [3.8, 4) is 11.5 Å². The first kappa shape index (κ1) is 18.9. The molecular formula is C18H27ClN2O3. The van der Waals surface area contributed by atoms with Gasteiger partial charge in [0.15, 0.2) is 0 Å². The fourth-order valence-corrected chi connectivity index (χ4v) is 3.71. The third kappa shape index (κ3) is 5.28. The van der Waals surface area contributed by atoms with Crippen molar-refractivity contribution in [1.29, 1.82) is 0 Å². The summed E-state index contributed by atoms with van der Waals surface area (Å²) in [7, 11) is 1.64. The van der Waals surface area contributed by atoms with E-state index in [-0.39, 0.29) is 18.3 Å². The lowest BCUT2D eigenvalue weighted by Gasteiger charge is -2.28. The molecule has 2 unspecified atom stereocenters. The van der Waals surface area contributed by atoms with Crippen LogP contribution in [0.2, 0.25) is 0 Å². The van der Waals surface area contributed by atoms with Crippen LogP contribution in [-0.2, 0) is 4.79 Å². The highest BCUT2D eigenvalue weighted by Gasteiger charge is 2.33. The lowest BCUT2D eigenvalue weighted by atomic mass is 9.89. The number of rotatable bonds is 7. The van der Waals surface area contributed by atoms with Crippen LogP contribution in [0.25, 0.3) is 0 Å². The molecule has 2 atom stereocenters. The molecule has 2 aliphatic rings. The van der Waals surface area contributed by atoms with Crippen molar-refractivity contribution >= 4 is 18.3 Å². The summed E-state index contributed by atoms with van der Waals surface area (Å²) in [4.78, 5) is 12.0. The van der Waals surface area contributed by atoms with E-state index < -0.39 is 0 Å². The Hall–Kier alpha value is -1.46. The van der Waals surface area contributed by atoms with Crippen LogP contribution in [0.1, 0.15) is 32.1 Å². The maximum atomic E-state index is 12.0. The van der Waals surface area contributed by atoms with E-state index in [1.165, 1.54) is 12.8 Å². The number of amides is 1. The van der Waals surface area contributed by atoms with Gasteiger partial charge in [-0.25, -0.2) is 0 Å². The summed E-state index contributed by atoms with van der Waals surface area (Å²) in [6.45, 7) is 1.03. The van der Waals surface area contributed by atoms with Crippen LogP contribution in [-0.4, -0.2) is 38.3 Å². The van der Waals surface area contributed by atoms with E-state index in [9.17, 15) is 4.79 Å². The second-order valence-corrected chi connectivity index (χ2v) is 6.55. The molecule has 2 N–H and O–H groups in total. The van der Waals surface area contributed by atoms with Gasteiger partial charge in [0.05, 0.1) is 13.7 Å². The van der Waals surface area contributed by atoms with Gasteiger partial charge in [-0.05, 0) is 55.9 Å². The molecule has 2 aliphatic heterocycles.